The van der Waals surface area contributed by atoms with Crippen molar-refractivity contribution in [3.8, 4) is 0 Å². The van der Waals surface area contributed by atoms with Crippen molar-refractivity contribution < 1.29 is 9.53 Å². The summed E-state index contributed by atoms with van der Waals surface area (Å²) in [4.78, 5) is 11.1. The molecule has 0 heterocycles. The minimum Gasteiger partial charge on any atom is -0.462 e. The Balaban J connectivity index is 3.81. The standard InChI is InChI=1S/C12H25NO2Si/c1-7-13(16(4,5)6)9-8-10-15-12(14)11(2)3/h2,7-10H2,1,3-6H3. The number of hydrogen-bond donors (Lipinski definition) is 0. The molecule has 94 valence electrons. The van der Waals surface area contributed by atoms with Crippen molar-refractivity contribution in [2.45, 2.75) is 39.9 Å². The van der Waals surface area contributed by atoms with Crippen LogP contribution in [0.3, 0.4) is 0 Å². The van der Waals surface area contributed by atoms with Crippen molar-refractivity contribution in [3.05, 3.63) is 12.2 Å². The van der Waals surface area contributed by atoms with Crippen LogP contribution in [0.15, 0.2) is 12.2 Å². The zero-order valence-corrected chi connectivity index (χ0v) is 12.3. The van der Waals surface area contributed by atoms with Gasteiger partial charge < -0.3 is 9.30 Å². The fraction of sp³-hybridized carbons (Fsp3) is 0.750. The first-order valence-electron chi connectivity index (χ1n) is 5.86. The number of rotatable bonds is 7. The maximum Gasteiger partial charge on any atom is 0.333 e. The Bertz CT molecular complexity index is 246. The van der Waals surface area contributed by atoms with Crippen LogP contribution in [-0.4, -0.2) is 38.5 Å². The molecule has 0 radical (unpaired) electrons. The fourth-order valence-electron chi connectivity index (χ4n) is 1.51. The van der Waals surface area contributed by atoms with E-state index in [2.05, 4.69) is 37.7 Å². The van der Waals surface area contributed by atoms with Crippen molar-refractivity contribution in [3.63, 3.8) is 0 Å². The molecular formula is C12H25NO2Si. The van der Waals surface area contributed by atoms with Crippen LogP contribution >= 0.6 is 0 Å². The minimum atomic E-state index is -1.21. The quantitative estimate of drug-likeness (QED) is 0.298. The van der Waals surface area contributed by atoms with Crippen LogP contribution in [0.25, 0.3) is 0 Å². The Morgan fingerprint density at radius 3 is 2.31 bits per heavy atom. The fourth-order valence-corrected chi connectivity index (χ4v) is 3.29. The molecule has 0 aromatic heterocycles. The van der Waals surface area contributed by atoms with Crippen LogP contribution in [0.5, 0.6) is 0 Å². The van der Waals surface area contributed by atoms with Gasteiger partial charge in [-0.3, -0.25) is 0 Å². The lowest BCUT2D eigenvalue weighted by Gasteiger charge is -2.32. The van der Waals surface area contributed by atoms with E-state index in [1.165, 1.54) is 0 Å². The second-order valence-electron chi connectivity index (χ2n) is 5.02. The summed E-state index contributed by atoms with van der Waals surface area (Å²) in [6.45, 7) is 17.0. The summed E-state index contributed by atoms with van der Waals surface area (Å²) in [5, 5.41) is 0. The summed E-state index contributed by atoms with van der Waals surface area (Å²) < 4.78 is 7.56. The highest BCUT2D eigenvalue weighted by molar-refractivity contribution is 6.73. The molecule has 0 aromatic rings. The Labute approximate surface area is 101 Å². The molecule has 0 aliphatic carbocycles. The van der Waals surface area contributed by atoms with Crippen LogP contribution in [0.4, 0.5) is 0 Å². The zero-order valence-electron chi connectivity index (χ0n) is 11.3. The average molecular weight is 243 g/mol. The number of carbonyl (C=O) groups is 1. The van der Waals surface area contributed by atoms with Gasteiger partial charge in [-0.05, 0) is 26.4 Å². The van der Waals surface area contributed by atoms with E-state index in [1.54, 1.807) is 6.92 Å². The summed E-state index contributed by atoms with van der Waals surface area (Å²) in [7, 11) is -1.21. The first-order chi connectivity index (χ1) is 7.29. The predicted octanol–water partition coefficient (Wildman–Crippen LogP) is 2.65. The molecule has 0 amide bonds. The van der Waals surface area contributed by atoms with Gasteiger partial charge >= 0.3 is 5.97 Å². The normalized spacial score (nSPS) is 11.6. The molecule has 0 atom stereocenters. The first kappa shape index (κ1) is 15.4. The smallest absolute Gasteiger partial charge is 0.333 e. The highest BCUT2D eigenvalue weighted by Crippen LogP contribution is 2.09. The molecule has 0 bridgehead atoms. The molecule has 0 unspecified atom stereocenters. The summed E-state index contributed by atoms with van der Waals surface area (Å²) in [6, 6.07) is 0. The molecule has 3 nitrogen and oxygen atoms in total. The van der Waals surface area contributed by atoms with Gasteiger partial charge in [-0.1, -0.05) is 33.1 Å². The van der Waals surface area contributed by atoms with Gasteiger partial charge in [0.25, 0.3) is 0 Å². The Kier molecular flexibility index (Phi) is 6.60. The highest BCUT2D eigenvalue weighted by Gasteiger charge is 2.21. The van der Waals surface area contributed by atoms with Crippen molar-refractivity contribution in [2.75, 3.05) is 19.7 Å². The van der Waals surface area contributed by atoms with Crippen molar-refractivity contribution >= 4 is 14.2 Å². The molecule has 16 heavy (non-hydrogen) atoms. The molecule has 0 aliphatic rings. The van der Waals surface area contributed by atoms with Crippen molar-refractivity contribution in [2.24, 2.45) is 0 Å². The topological polar surface area (TPSA) is 29.5 Å². The molecule has 0 spiro atoms. The summed E-state index contributed by atoms with van der Waals surface area (Å²) in [5.41, 5.74) is 0.470. The Morgan fingerprint density at radius 1 is 1.38 bits per heavy atom. The van der Waals surface area contributed by atoms with Crippen LogP contribution in [0, 0.1) is 0 Å². The van der Waals surface area contributed by atoms with Gasteiger partial charge in [-0.2, -0.15) is 0 Å². The van der Waals surface area contributed by atoms with Crippen LogP contribution < -0.4 is 0 Å². The number of hydrogen-bond acceptors (Lipinski definition) is 3. The van der Waals surface area contributed by atoms with Gasteiger partial charge in [0.2, 0.25) is 0 Å². The second-order valence-corrected chi connectivity index (χ2v) is 9.99. The van der Waals surface area contributed by atoms with E-state index in [-0.39, 0.29) is 5.97 Å². The molecule has 4 heteroatoms. The summed E-state index contributed by atoms with van der Waals surface area (Å²) in [5.74, 6) is -0.281. The lowest BCUT2D eigenvalue weighted by atomic mass is 10.3. The second kappa shape index (κ2) is 6.86. The largest absolute Gasteiger partial charge is 0.462 e. The molecular weight excluding hydrogens is 218 g/mol. The van der Waals surface area contributed by atoms with E-state index in [0.29, 0.717) is 12.2 Å². The van der Waals surface area contributed by atoms with Gasteiger partial charge in [-0.25, -0.2) is 4.79 Å². The Hall–Kier alpha value is -0.613. The zero-order chi connectivity index (χ0) is 12.8. The third-order valence-electron chi connectivity index (χ3n) is 2.48. The van der Waals surface area contributed by atoms with Crippen molar-refractivity contribution in [1.82, 2.24) is 4.57 Å². The lowest BCUT2D eigenvalue weighted by Crippen LogP contribution is -2.46. The molecule has 0 aliphatic heterocycles. The van der Waals surface area contributed by atoms with Gasteiger partial charge in [0.05, 0.1) is 6.61 Å². The number of carbonyl (C=O) groups excluding carboxylic acids is 1. The van der Waals surface area contributed by atoms with E-state index in [9.17, 15) is 4.79 Å². The third-order valence-corrected chi connectivity index (χ3v) is 4.92. The van der Waals surface area contributed by atoms with E-state index in [4.69, 9.17) is 4.74 Å². The van der Waals surface area contributed by atoms with Crippen molar-refractivity contribution in [1.29, 1.82) is 0 Å². The third kappa shape index (κ3) is 6.08. The Morgan fingerprint density at radius 2 is 1.94 bits per heavy atom. The number of nitrogens with zero attached hydrogens (tertiary/aromatic N) is 1. The van der Waals surface area contributed by atoms with E-state index in [0.717, 1.165) is 19.5 Å². The molecule has 0 rings (SSSR count). The maximum atomic E-state index is 11.1. The van der Waals surface area contributed by atoms with Gasteiger partial charge in [0.15, 0.2) is 0 Å². The highest BCUT2D eigenvalue weighted by atomic mass is 28.3. The van der Waals surface area contributed by atoms with Gasteiger partial charge in [0.1, 0.15) is 8.24 Å². The maximum absolute atomic E-state index is 11.1. The summed E-state index contributed by atoms with van der Waals surface area (Å²) in [6.07, 6.45) is 0.900. The molecule has 0 saturated carbocycles. The monoisotopic (exact) mass is 243 g/mol. The molecule has 0 saturated heterocycles. The minimum absolute atomic E-state index is 0.281. The SMILES string of the molecule is C=C(C)C(=O)OCCCN(CC)[Si](C)(C)C. The van der Waals surface area contributed by atoms with Crippen LogP contribution in [0.1, 0.15) is 20.3 Å². The van der Waals surface area contributed by atoms with E-state index in [1.807, 2.05) is 0 Å². The first-order valence-corrected chi connectivity index (χ1v) is 9.31. The summed E-state index contributed by atoms with van der Waals surface area (Å²) >= 11 is 0. The molecule has 0 aromatic carbocycles. The predicted molar refractivity (Wildman–Crippen MR) is 71.0 cm³/mol. The van der Waals surface area contributed by atoms with E-state index < -0.39 is 8.24 Å². The number of ether oxygens (including phenoxy) is 1. The van der Waals surface area contributed by atoms with Crippen LogP contribution in [0.2, 0.25) is 19.6 Å². The van der Waals surface area contributed by atoms with Gasteiger partial charge in [-0.15, -0.1) is 0 Å². The van der Waals surface area contributed by atoms with Gasteiger partial charge in [0, 0.05) is 5.57 Å². The lowest BCUT2D eigenvalue weighted by molar-refractivity contribution is -0.139. The number of esters is 1. The van der Waals surface area contributed by atoms with Crippen LogP contribution in [-0.2, 0) is 9.53 Å². The van der Waals surface area contributed by atoms with E-state index >= 15 is 0 Å². The molecule has 0 N–H and O–H groups in total. The average Bonchev–Trinajstić information content (AvgIpc) is 2.15. The molecule has 0 fully saturated rings.